The summed E-state index contributed by atoms with van der Waals surface area (Å²) >= 11 is 0. The van der Waals surface area contributed by atoms with Crippen LogP contribution in [-0.4, -0.2) is 61.9 Å². The molecule has 0 aromatic rings. The summed E-state index contributed by atoms with van der Waals surface area (Å²) in [5, 5.41) is 5.59. The SMILES string of the molecule is CC(=O)NC1CCCN(C(=O)NC2CCS(=O)(=O)C2)C1. The van der Waals surface area contributed by atoms with Crippen LogP contribution < -0.4 is 10.6 Å². The van der Waals surface area contributed by atoms with Crippen molar-refractivity contribution < 1.29 is 18.0 Å². The van der Waals surface area contributed by atoms with Gasteiger partial charge in [0.2, 0.25) is 5.91 Å². The third-order valence-corrected chi connectivity index (χ3v) is 5.44. The van der Waals surface area contributed by atoms with E-state index in [1.807, 2.05) is 0 Å². The fourth-order valence-electron chi connectivity index (χ4n) is 2.74. The molecule has 114 valence electrons. The molecular formula is C12H21N3O4S. The van der Waals surface area contributed by atoms with E-state index in [0.29, 0.717) is 19.5 Å². The Kier molecular flexibility index (Phi) is 4.52. The number of amides is 3. The topological polar surface area (TPSA) is 95.6 Å². The Balaban J connectivity index is 1.84. The molecule has 0 aromatic carbocycles. The van der Waals surface area contributed by atoms with Crippen LogP contribution in [0.2, 0.25) is 0 Å². The molecule has 2 rings (SSSR count). The Morgan fingerprint density at radius 3 is 2.50 bits per heavy atom. The Labute approximate surface area is 119 Å². The molecule has 0 radical (unpaired) electrons. The number of hydrogen-bond donors (Lipinski definition) is 2. The van der Waals surface area contributed by atoms with E-state index in [4.69, 9.17) is 0 Å². The molecule has 2 heterocycles. The smallest absolute Gasteiger partial charge is 0.317 e. The van der Waals surface area contributed by atoms with Gasteiger partial charge in [-0.05, 0) is 19.3 Å². The number of rotatable bonds is 2. The van der Waals surface area contributed by atoms with E-state index in [-0.39, 0.29) is 35.5 Å². The molecule has 0 saturated carbocycles. The van der Waals surface area contributed by atoms with Crippen LogP contribution >= 0.6 is 0 Å². The van der Waals surface area contributed by atoms with Crippen molar-refractivity contribution in [3.8, 4) is 0 Å². The maximum atomic E-state index is 12.1. The van der Waals surface area contributed by atoms with Crippen LogP contribution in [0.1, 0.15) is 26.2 Å². The van der Waals surface area contributed by atoms with E-state index in [2.05, 4.69) is 10.6 Å². The molecule has 2 unspecified atom stereocenters. The maximum absolute atomic E-state index is 12.1. The minimum Gasteiger partial charge on any atom is -0.352 e. The van der Waals surface area contributed by atoms with Crippen LogP contribution in [0.5, 0.6) is 0 Å². The van der Waals surface area contributed by atoms with Crippen LogP contribution in [0.4, 0.5) is 4.79 Å². The molecule has 8 heteroatoms. The van der Waals surface area contributed by atoms with Gasteiger partial charge in [0.1, 0.15) is 0 Å². The standard InChI is InChI=1S/C12H21N3O4S/c1-9(16)13-10-3-2-5-15(7-10)12(17)14-11-4-6-20(18,19)8-11/h10-11H,2-8H2,1H3,(H,13,16)(H,14,17). The molecule has 2 aliphatic rings. The molecule has 20 heavy (non-hydrogen) atoms. The third-order valence-electron chi connectivity index (χ3n) is 3.68. The third kappa shape index (κ3) is 4.09. The molecule has 2 aliphatic heterocycles. The zero-order valence-electron chi connectivity index (χ0n) is 11.6. The summed E-state index contributed by atoms with van der Waals surface area (Å²) < 4.78 is 22.7. The average molecular weight is 303 g/mol. The normalized spacial score (nSPS) is 28.9. The molecule has 0 aliphatic carbocycles. The minimum absolute atomic E-state index is 0.0145. The molecule has 3 amide bonds. The fourth-order valence-corrected chi connectivity index (χ4v) is 4.41. The van der Waals surface area contributed by atoms with Crippen LogP contribution in [0, 0.1) is 0 Å². The van der Waals surface area contributed by atoms with Crippen molar-refractivity contribution in [1.82, 2.24) is 15.5 Å². The second-order valence-electron chi connectivity index (χ2n) is 5.54. The van der Waals surface area contributed by atoms with E-state index in [1.165, 1.54) is 6.92 Å². The van der Waals surface area contributed by atoms with E-state index in [0.717, 1.165) is 12.8 Å². The highest BCUT2D eigenvalue weighted by Crippen LogP contribution is 2.14. The minimum atomic E-state index is -2.99. The lowest BCUT2D eigenvalue weighted by Crippen LogP contribution is -2.53. The van der Waals surface area contributed by atoms with Gasteiger partial charge in [-0.3, -0.25) is 4.79 Å². The van der Waals surface area contributed by atoms with E-state index in [1.54, 1.807) is 4.90 Å². The summed E-state index contributed by atoms with van der Waals surface area (Å²) in [4.78, 5) is 24.8. The van der Waals surface area contributed by atoms with E-state index in [9.17, 15) is 18.0 Å². The Morgan fingerprint density at radius 1 is 1.15 bits per heavy atom. The quantitative estimate of drug-likeness (QED) is 0.718. The van der Waals surface area contributed by atoms with Gasteiger partial charge in [0, 0.05) is 32.1 Å². The van der Waals surface area contributed by atoms with Gasteiger partial charge < -0.3 is 15.5 Å². The first-order valence-corrected chi connectivity index (χ1v) is 8.71. The van der Waals surface area contributed by atoms with Gasteiger partial charge in [-0.1, -0.05) is 0 Å². The summed E-state index contributed by atoms with van der Waals surface area (Å²) in [6, 6.07) is -0.532. The number of piperidine rings is 1. The first kappa shape index (κ1) is 15.1. The lowest BCUT2D eigenvalue weighted by atomic mass is 10.1. The zero-order valence-corrected chi connectivity index (χ0v) is 12.4. The van der Waals surface area contributed by atoms with Crippen molar-refractivity contribution in [3.05, 3.63) is 0 Å². The van der Waals surface area contributed by atoms with Gasteiger partial charge in [0.05, 0.1) is 11.5 Å². The van der Waals surface area contributed by atoms with Crippen LogP contribution in [0.15, 0.2) is 0 Å². The average Bonchev–Trinajstić information content (AvgIpc) is 2.68. The summed E-state index contributed by atoms with van der Waals surface area (Å²) in [5.74, 6) is 0.0768. The second kappa shape index (κ2) is 5.99. The largest absolute Gasteiger partial charge is 0.352 e. The highest BCUT2D eigenvalue weighted by atomic mass is 32.2. The molecule has 0 bridgehead atoms. The lowest BCUT2D eigenvalue weighted by molar-refractivity contribution is -0.119. The number of nitrogens with zero attached hydrogens (tertiary/aromatic N) is 1. The number of hydrogen-bond acceptors (Lipinski definition) is 4. The summed E-state index contributed by atoms with van der Waals surface area (Å²) in [7, 11) is -2.99. The molecule has 2 fully saturated rings. The fraction of sp³-hybridized carbons (Fsp3) is 0.833. The maximum Gasteiger partial charge on any atom is 0.317 e. The monoisotopic (exact) mass is 303 g/mol. The predicted octanol–water partition coefficient (Wildman–Crippen LogP) is -0.516. The molecule has 2 saturated heterocycles. The van der Waals surface area contributed by atoms with Crippen molar-refractivity contribution in [2.75, 3.05) is 24.6 Å². The van der Waals surface area contributed by atoms with E-state index >= 15 is 0 Å². The number of carbonyl (C=O) groups is 2. The van der Waals surface area contributed by atoms with Crippen molar-refractivity contribution in [2.45, 2.75) is 38.3 Å². The van der Waals surface area contributed by atoms with Crippen molar-refractivity contribution in [2.24, 2.45) is 0 Å². The van der Waals surface area contributed by atoms with Crippen LogP contribution in [0.3, 0.4) is 0 Å². The molecule has 0 aromatic heterocycles. The molecule has 7 nitrogen and oxygen atoms in total. The first-order chi connectivity index (χ1) is 9.35. The second-order valence-corrected chi connectivity index (χ2v) is 7.76. The number of likely N-dealkylation sites (tertiary alicyclic amines) is 1. The highest BCUT2D eigenvalue weighted by Gasteiger charge is 2.31. The Morgan fingerprint density at radius 2 is 1.90 bits per heavy atom. The van der Waals surface area contributed by atoms with Crippen molar-refractivity contribution in [3.63, 3.8) is 0 Å². The Bertz CT molecular complexity index is 491. The van der Waals surface area contributed by atoms with Gasteiger partial charge >= 0.3 is 6.03 Å². The van der Waals surface area contributed by atoms with Gasteiger partial charge in [-0.2, -0.15) is 0 Å². The number of sulfone groups is 1. The molecule has 2 atom stereocenters. The zero-order chi connectivity index (χ0) is 14.8. The van der Waals surface area contributed by atoms with Gasteiger partial charge in [0.15, 0.2) is 9.84 Å². The van der Waals surface area contributed by atoms with Gasteiger partial charge in [0.25, 0.3) is 0 Å². The number of carbonyl (C=O) groups excluding carboxylic acids is 2. The van der Waals surface area contributed by atoms with E-state index < -0.39 is 9.84 Å². The first-order valence-electron chi connectivity index (χ1n) is 6.89. The van der Waals surface area contributed by atoms with Crippen LogP contribution in [0.25, 0.3) is 0 Å². The number of nitrogens with one attached hydrogen (secondary N) is 2. The van der Waals surface area contributed by atoms with Gasteiger partial charge in [-0.25, -0.2) is 13.2 Å². The summed E-state index contributed by atoms with van der Waals surface area (Å²) in [6.07, 6.45) is 2.18. The number of urea groups is 1. The summed E-state index contributed by atoms with van der Waals surface area (Å²) in [5.41, 5.74) is 0. The molecule has 0 spiro atoms. The summed E-state index contributed by atoms with van der Waals surface area (Å²) in [6.45, 7) is 2.58. The highest BCUT2D eigenvalue weighted by molar-refractivity contribution is 7.91. The lowest BCUT2D eigenvalue weighted by Gasteiger charge is -2.33. The van der Waals surface area contributed by atoms with Crippen molar-refractivity contribution >= 4 is 21.8 Å². The Hall–Kier alpha value is -1.31. The van der Waals surface area contributed by atoms with Crippen molar-refractivity contribution in [1.29, 1.82) is 0 Å². The molecule has 2 N–H and O–H groups in total. The van der Waals surface area contributed by atoms with Crippen LogP contribution in [-0.2, 0) is 14.6 Å². The van der Waals surface area contributed by atoms with Gasteiger partial charge in [-0.15, -0.1) is 0 Å². The predicted molar refractivity (Wildman–Crippen MR) is 74.0 cm³/mol. The molecular weight excluding hydrogens is 282 g/mol.